The van der Waals surface area contributed by atoms with Crippen molar-refractivity contribution in [2.24, 2.45) is 0 Å². The standard InChI is InChI=1S/C35H60BN3O8Si/c1-22(2)48(23(3)4,24(5)6)45-27-19-25(18-26(21-27)36-46-34(10,11)35(12,13)47-36)20-29(37-32(42)44-33(7,8)9)30(40)39-17-15-16-28(38-39)31(41)43-14/h18-19,21-24,28-29,38H,15-17,20H2,1-14H3,(H,37,42). The second-order valence-corrected chi connectivity index (χ2v) is 21.5. The van der Waals surface area contributed by atoms with Crippen LogP contribution < -0.4 is 20.6 Å². The van der Waals surface area contributed by atoms with Crippen LogP contribution in [0.3, 0.4) is 0 Å². The summed E-state index contributed by atoms with van der Waals surface area (Å²) in [5, 5.41) is 4.21. The number of alkyl carbamates (subject to hydrolysis) is 1. The van der Waals surface area contributed by atoms with E-state index in [-0.39, 0.29) is 6.42 Å². The SMILES string of the molecule is COC(=O)C1CCCN(C(=O)C(Cc2cc(O[Si](C(C)C)(C(C)C)C(C)C)cc(B3OC(C)(C)C(C)(C)O3)c2)NC(=O)OC(C)(C)C)N1. The quantitative estimate of drug-likeness (QED) is 0.224. The number of carbonyl (C=O) groups excluding carboxylic acids is 3. The van der Waals surface area contributed by atoms with Gasteiger partial charge in [0.2, 0.25) is 0 Å². The van der Waals surface area contributed by atoms with Crippen LogP contribution in [-0.4, -0.2) is 81.0 Å². The molecule has 270 valence electrons. The molecule has 48 heavy (non-hydrogen) atoms. The van der Waals surface area contributed by atoms with Crippen molar-refractivity contribution in [2.45, 2.75) is 155 Å². The molecule has 2 fully saturated rings. The number of nitrogens with zero attached hydrogens (tertiary/aromatic N) is 1. The molecule has 11 nitrogen and oxygen atoms in total. The molecule has 0 bridgehead atoms. The lowest BCUT2D eigenvalue weighted by molar-refractivity contribution is -0.150. The van der Waals surface area contributed by atoms with E-state index in [1.807, 2.05) is 45.9 Å². The molecule has 2 amide bonds. The van der Waals surface area contributed by atoms with Crippen LogP contribution in [0.2, 0.25) is 16.6 Å². The number of rotatable bonds is 11. The maximum absolute atomic E-state index is 14.1. The fourth-order valence-corrected chi connectivity index (χ4v) is 12.1. The van der Waals surface area contributed by atoms with E-state index in [2.05, 4.69) is 52.3 Å². The van der Waals surface area contributed by atoms with E-state index in [9.17, 15) is 14.4 Å². The number of esters is 1. The van der Waals surface area contributed by atoms with E-state index in [0.29, 0.717) is 41.8 Å². The summed E-state index contributed by atoms with van der Waals surface area (Å²) in [5.41, 5.74) is 3.63. The predicted octanol–water partition coefficient (Wildman–Crippen LogP) is 5.64. The molecule has 3 rings (SSSR count). The van der Waals surface area contributed by atoms with Gasteiger partial charge in [-0.05, 0) is 101 Å². The van der Waals surface area contributed by atoms with Gasteiger partial charge in [0.05, 0.1) is 18.3 Å². The molecule has 0 aliphatic carbocycles. The number of nitrogens with one attached hydrogen (secondary N) is 2. The van der Waals surface area contributed by atoms with Crippen molar-refractivity contribution in [3.63, 3.8) is 0 Å². The molecule has 2 atom stereocenters. The number of carbonyl (C=O) groups is 3. The zero-order chi connectivity index (χ0) is 36.4. The molecule has 2 aliphatic heterocycles. The minimum atomic E-state index is -2.37. The summed E-state index contributed by atoms with van der Waals surface area (Å²) in [6, 6.07) is 4.22. The fourth-order valence-electron chi connectivity index (χ4n) is 6.87. The number of amides is 2. The van der Waals surface area contributed by atoms with Gasteiger partial charge in [0.25, 0.3) is 14.2 Å². The van der Waals surface area contributed by atoms with Crippen molar-refractivity contribution in [1.82, 2.24) is 15.8 Å². The first kappa shape index (κ1) is 39.8. The summed E-state index contributed by atoms with van der Waals surface area (Å²) in [7, 11) is -1.72. The molecular weight excluding hydrogens is 629 g/mol. The van der Waals surface area contributed by atoms with Crippen molar-refractivity contribution in [1.29, 1.82) is 0 Å². The zero-order valence-corrected chi connectivity index (χ0v) is 32.7. The second kappa shape index (κ2) is 15.1. The molecule has 2 unspecified atom stereocenters. The van der Waals surface area contributed by atoms with Crippen LogP contribution in [0.25, 0.3) is 0 Å². The highest BCUT2D eigenvalue weighted by Crippen LogP contribution is 2.43. The summed E-state index contributed by atoms with van der Waals surface area (Å²) in [6.45, 7) is 27.1. The summed E-state index contributed by atoms with van der Waals surface area (Å²) in [6.07, 6.45) is 0.540. The number of hydrogen-bond acceptors (Lipinski definition) is 9. The van der Waals surface area contributed by atoms with Crippen LogP contribution in [-0.2, 0) is 34.8 Å². The minimum Gasteiger partial charge on any atom is -0.543 e. The average molecular weight is 690 g/mol. The molecular formula is C35H60BN3O8Si. The molecule has 13 heteroatoms. The van der Waals surface area contributed by atoms with Crippen LogP contribution in [0.4, 0.5) is 4.79 Å². The number of ether oxygens (including phenoxy) is 2. The van der Waals surface area contributed by atoms with Gasteiger partial charge >= 0.3 is 19.2 Å². The van der Waals surface area contributed by atoms with E-state index < -0.39 is 62.3 Å². The Morgan fingerprint density at radius 2 is 1.56 bits per heavy atom. The van der Waals surface area contributed by atoms with E-state index in [4.69, 9.17) is 23.2 Å². The Kier molecular flexibility index (Phi) is 12.5. The topological polar surface area (TPSA) is 125 Å². The highest BCUT2D eigenvalue weighted by Gasteiger charge is 2.52. The van der Waals surface area contributed by atoms with Crippen molar-refractivity contribution in [3.05, 3.63) is 23.8 Å². The Labute approximate surface area is 289 Å². The average Bonchev–Trinajstić information content (AvgIpc) is 3.19. The molecule has 2 N–H and O–H groups in total. The Morgan fingerprint density at radius 1 is 1.00 bits per heavy atom. The van der Waals surface area contributed by atoms with Crippen LogP contribution >= 0.6 is 0 Å². The van der Waals surface area contributed by atoms with Crippen molar-refractivity contribution in [3.8, 4) is 5.75 Å². The lowest BCUT2D eigenvalue weighted by Gasteiger charge is -2.42. The maximum atomic E-state index is 14.1. The van der Waals surface area contributed by atoms with Crippen LogP contribution in [0.1, 0.15) is 108 Å². The molecule has 2 aliphatic rings. The normalized spacial score (nSPS) is 20.2. The van der Waals surface area contributed by atoms with Gasteiger partial charge in [0.1, 0.15) is 23.4 Å². The molecule has 0 saturated carbocycles. The highest BCUT2D eigenvalue weighted by atomic mass is 28.4. The summed E-state index contributed by atoms with van der Waals surface area (Å²) < 4.78 is 30.6. The van der Waals surface area contributed by atoms with Crippen molar-refractivity contribution >= 4 is 38.9 Å². The van der Waals surface area contributed by atoms with Gasteiger partial charge in [-0.25, -0.2) is 10.2 Å². The first-order chi connectivity index (χ1) is 22.0. The van der Waals surface area contributed by atoms with Gasteiger partial charge < -0.3 is 28.5 Å². The molecule has 2 saturated heterocycles. The van der Waals surface area contributed by atoms with Crippen molar-refractivity contribution in [2.75, 3.05) is 13.7 Å². The third kappa shape index (κ3) is 9.13. The van der Waals surface area contributed by atoms with Crippen LogP contribution in [0.15, 0.2) is 18.2 Å². The first-order valence-electron chi connectivity index (χ1n) is 17.4. The maximum Gasteiger partial charge on any atom is 0.494 e. The van der Waals surface area contributed by atoms with Gasteiger partial charge in [-0.15, -0.1) is 0 Å². The van der Waals surface area contributed by atoms with Gasteiger partial charge in [0.15, 0.2) is 0 Å². The smallest absolute Gasteiger partial charge is 0.494 e. The third-order valence-corrected chi connectivity index (χ3v) is 15.9. The monoisotopic (exact) mass is 689 g/mol. The van der Waals surface area contributed by atoms with E-state index in [1.165, 1.54) is 12.1 Å². The molecule has 0 spiro atoms. The Morgan fingerprint density at radius 3 is 2.06 bits per heavy atom. The largest absolute Gasteiger partial charge is 0.543 e. The highest BCUT2D eigenvalue weighted by molar-refractivity contribution is 6.78. The third-order valence-electron chi connectivity index (χ3n) is 9.88. The lowest BCUT2D eigenvalue weighted by atomic mass is 9.78. The van der Waals surface area contributed by atoms with Gasteiger partial charge in [-0.2, -0.15) is 0 Å². The lowest BCUT2D eigenvalue weighted by Crippen LogP contribution is -2.60. The Bertz CT molecular complexity index is 1280. The minimum absolute atomic E-state index is 0.127. The van der Waals surface area contributed by atoms with E-state index >= 15 is 0 Å². The molecule has 0 radical (unpaired) electrons. The predicted molar refractivity (Wildman–Crippen MR) is 191 cm³/mol. The zero-order valence-electron chi connectivity index (χ0n) is 31.7. The fraction of sp³-hybridized carbons (Fsp3) is 0.743. The Balaban J connectivity index is 2.10. The summed E-state index contributed by atoms with van der Waals surface area (Å²) in [5.74, 6) is -0.160. The molecule has 1 aromatic carbocycles. The number of hydrogen-bond donors (Lipinski definition) is 2. The van der Waals surface area contributed by atoms with Crippen LogP contribution in [0.5, 0.6) is 5.75 Å². The van der Waals surface area contributed by atoms with Gasteiger partial charge in [-0.1, -0.05) is 47.6 Å². The number of benzene rings is 1. The van der Waals surface area contributed by atoms with Gasteiger partial charge in [-0.3, -0.25) is 14.6 Å². The Hall–Kier alpha value is -2.61. The number of hydrazine groups is 1. The van der Waals surface area contributed by atoms with Crippen LogP contribution in [0, 0.1) is 0 Å². The summed E-state index contributed by atoms with van der Waals surface area (Å²) in [4.78, 5) is 39.6. The van der Waals surface area contributed by atoms with Gasteiger partial charge in [0, 0.05) is 13.0 Å². The van der Waals surface area contributed by atoms with Crippen molar-refractivity contribution < 1.29 is 37.6 Å². The second-order valence-electron chi connectivity index (χ2n) is 16.2. The first-order valence-corrected chi connectivity index (χ1v) is 19.5. The molecule has 2 heterocycles. The summed E-state index contributed by atoms with van der Waals surface area (Å²) >= 11 is 0. The molecule has 1 aromatic rings. The van der Waals surface area contributed by atoms with E-state index in [0.717, 1.165) is 11.0 Å². The van der Waals surface area contributed by atoms with E-state index in [1.54, 1.807) is 20.8 Å². The molecule has 0 aromatic heterocycles. The number of methoxy groups -OCH3 is 1.